The van der Waals surface area contributed by atoms with Crippen molar-refractivity contribution < 1.29 is 14.3 Å². The van der Waals surface area contributed by atoms with Gasteiger partial charge in [-0.2, -0.15) is 0 Å². The van der Waals surface area contributed by atoms with Gasteiger partial charge in [-0.3, -0.25) is 9.59 Å². The van der Waals surface area contributed by atoms with Gasteiger partial charge in [0.25, 0.3) is 11.8 Å². The summed E-state index contributed by atoms with van der Waals surface area (Å²) in [6.07, 6.45) is 1.44. The maximum atomic E-state index is 12.9. The van der Waals surface area contributed by atoms with Gasteiger partial charge >= 0.3 is 0 Å². The molecular weight excluding hydrogens is 424 g/mol. The number of ether oxygens (including phenoxy) is 1. The molecule has 0 atom stereocenters. The average Bonchev–Trinajstić information content (AvgIpc) is 2.84. The van der Waals surface area contributed by atoms with Crippen LogP contribution in [0.5, 0.6) is 5.75 Å². The van der Waals surface area contributed by atoms with Gasteiger partial charge in [-0.15, -0.1) is 0 Å². The molecule has 164 valence electrons. The molecular formula is C26H25ClN2O3. The van der Waals surface area contributed by atoms with Crippen LogP contribution in [0.3, 0.4) is 0 Å². The maximum absolute atomic E-state index is 12.9. The van der Waals surface area contributed by atoms with E-state index >= 15 is 0 Å². The lowest BCUT2D eigenvalue weighted by Crippen LogP contribution is -2.46. The Hall–Kier alpha value is -3.31. The first-order valence-electron chi connectivity index (χ1n) is 10.6. The van der Waals surface area contributed by atoms with Crippen LogP contribution in [0.25, 0.3) is 11.1 Å². The van der Waals surface area contributed by atoms with E-state index in [9.17, 15) is 9.59 Å². The van der Waals surface area contributed by atoms with Gasteiger partial charge in [0.05, 0.1) is 7.11 Å². The monoisotopic (exact) mass is 448 g/mol. The van der Waals surface area contributed by atoms with E-state index in [1.807, 2.05) is 53.4 Å². The number of halogens is 1. The number of hydrogen-bond acceptors (Lipinski definition) is 3. The van der Waals surface area contributed by atoms with Crippen LogP contribution >= 0.6 is 11.6 Å². The molecule has 1 fully saturated rings. The summed E-state index contributed by atoms with van der Waals surface area (Å²) in [7, 11) is 1.65. The van der Waals surface area contributed by atoms with Crippen LogP contribution in [-0.2, 0) is 0 Å². The van der Waals surface area contributed by atoms with Crippen molar-refractivity contribution >= 4 is 23.4 Å². The van der Waals surface area contributed by atoms with Gasteiger partial charge in [-0.25, -0.2) is 0 Å². The minimum atomic E-state index is -0.134. The molecule has 2 amide bonds. The molecule has 0 saturated carbocycles. The summed E-state index contributed by atoms with van der Waals surface area (Å²) < 4.78 is 5.29. The molecule has 1 heterocycles. The number of methoxy groups -OCH3 is 1. The first kappa shape index (κ1) is 21.9. The number of nitrogens with one attached hydrogen (secondary N) is 1. The second-order valence-corrected chi connectivity index (χ2v) is 8.30. The Bertz CT molecular complexity index is 1110. The van der Waals surface area contributed by atoms with Crippen LogP contribution in [0.1, 0.15) is 33.6 Å². The lowest BCUT2D eigenvalue weighted by atomic mass is 10.0. The van der Waals surface area contributed by atoms with Crippen LogP contribution in [0, 0.1) is 0 Å². The fourth-order valence-corrected chi connectivity index (χ4v) is 4.11. The van der Waals surface area contributed by atoms with Gasteiger partial charge < -0.3 is 15.0 Å². The van der Waals surface area contributed by atoms with Gasteiger partial charge in [0.2, 0.25) is 0 Å². The molecule has 32 heavy (non-hydrogen) atoms. The molecule has 0 unspecified atom stereocenters. The average molecular weight is 449 g/mol. The van der Waals surface area contributed by atoms with Crippen molar-refractivity contribution in [2.75, 3.05) is 20.2 Å². The molecule has 1 N–H and O–H groups in total. The predicted molar refractivity (Wildman–Crippen MR) is 126 cm³/mol. The molecule has 4 rings (SSSR count). The number of benzene rings is 3. The number of hydrogen-bond donors (Lipinski definition) is 1. The van der Waals surface area contributed by atoms with Gasteiger partial charge in [-0.05, 0) is 66.4 Å². The Morgan fingerprint density at radius 1 is 0.906 bits per heavy atom. The molecule has 1 aliphatic heterocycles. The first-order valence-corrected chi connectivity index (χ1v) is 11.0. The third-order valence-electron chi connectivity index (χ3n) is 5.74. The minimum absolute atomic E-state index is 0.0156. The van der Waals surface area contributed by atoms with Crippen molar-refractivity contribution in [3.63, 3.8) is 0 Å². The zero-order valence-corrected chi connectivity index (χ0v) is 18.6. The Morgan fingerprint density at radius 3 is 2.31 bits per heavy atom. The molecule has 5 nitrogen and oxygen atoms in total. The largest absolute Gasteiger partial charge is 0.497 e. The number of likely N-dealkylation sites (tertiary alicyclic amines) is 1. The number of amides is 2. The van der Waals surface area contributed by atoms with Gasteiger partial charge in [0.15, 0.2) is 0 Å². The predicted octanol–water partition coefficient (Wildman–Crippen LogP) is 5.05. The van der Waals surface area contributed by atoms with E-state index < -0.39 is 0 Å². The van der Waals surface area contributed by atoms with Crippen molar-refractivity contribution in [2.45, 2.75) is 18.9 Å². The van der Waals surface area contributed by atoms with Crippen LogP contribution < -0.4 is 10.1 Å². The first-order chi connectivity index (χ1) is 15.5. The zero-order chi connectivity index (χ0) is 22.5. The molecule has 0 spiro atoms. The number of piperidine rings is 1. The third-order valence-corrected chi connectivity index (χ3v) is 5.97. The number of nitrogens with zero attached hydrogens (tertiary/aromatic N) is 1. The van der Waals surface area contributed by atoms with Gasteiger partial charge in [0, 0.05) is 35.3 Å². The summed E-state index contributed by atoms with van der Waals surface area (Å²) in [5, 5.41) is 3.59. The fourth-order valence-electron chi connectivity index (χ4n) is 3.92. The molecule has 0 bridgehead atoms. The third kappa shape index (κ3) is 5.11. The minimum Gasteiger partial charge on any atom is -0.497 e. The van der Waals surface area contributed by atoms with E-state index in [4.69, 9.17) is 16.3 Å². The van der Waals surface area contributed by atoms with Crippen molar-refractivity contribution in [3.05, 3.63) is 88.9 Å². The van der Waals surface area contributed by atoms with Gasteiger partial charge in [0.1, 0.15) is 5.75 Å². The lowest BCUT2D eigenvalue weighted by Gasteiger charge is -2.32. The van der Waals surface area contributed by atoms with Gasteiger partial charge in [-0.1, -0.05) is 41.9 Å². The summed E-state index contributed by atoms with van der Waals surface area (Å²) in [5.41, 5.74) is 3.28. The van der Waals surface area contributed by atoms with Crippen LogP contribution in [0.15, 0.2) is 72.8 Å². The number of rotatable bonds is 5. The summed E-state index contributed by atoms with van der Waals surface area (Å²) in [6, 6.07) is 22.4. The molecule has 6 heteroatoms. The lowest BCUT2D eigenvalue weighted by molar-refractivity contribution is 0.0698. The molecule has 3 aromatic carbocycles. The smallest absolute Gasteiger partial charge is 0.253 e. The summed E-state index contributed by atoms with van der Waals surface area (Å²) in [6.45, 7) is 1.22. The molecule has 1 saturated heterocycles. The van der Waals surface area contributed by atoms with E-state index in [0.29, 0.717) is 29.2 Å². The highest BCUT2D eigenvalue weighted by Gasteiger charge is 2.25. The van der Waals surface area contributed by atoms with Crippen molar-refractivity contribution in [1.82, 2.24) is 10.2 Å². The standard InChI is InChI=1S/C26H25ClN2O3/c1-32-24-7-3-4-20(17-24)18-8-10-19(11-9-18)26(31)29-14-12-23(13-15-29)28-25(30)21-5-2-6-22(27)16-21/h2-11,16-17,23H,12-15H2,1H3,(H,28,30). The van der Waals surface area contributed by atoms with E-state index in [1.165, 1.54) is 0 Å². The van der Waals surface area contributed by atoms with Crippen molar-refractivity contribution in [2.24, 2.45) is 0 Å². The second kappa shape index (κ2) is 9.88. The Morgan fingerprint density at radius 2 is 1.62 bits per heavy atom. The Kier molecular flexibility index (Phi) is 6.76. The fraction of sp³-hybridized carbons (Fsp3) is 0.231. The molecule has 0 aromatic heterocycles. The van der Waals surface area contributed by atoms with E-state index in [1.54, 1.807) is 31.4 Å². The molecule has 3 aromatic rings. The molecule has 1 aliphatic rings. The highest BCUT2D eigenvalue weighted by atomic mass is 35.5. The zero-order valence-electron chi connectivity index (χ0n) is 17.9. The van der Waals surface area contributed by atoms with E-state index in [2.05, 4.69) is 5.32 Å². The Labute approximate surface area is 193 Å². The van der Waals surface area contributed by atoms with Crippen molar-refractivity contribution in [3.8, 4) is 16.9 Å². The topological polar surface area (TPSA) is 58.6 Å². The maximum Gasteiger partial charge on any atom is 0.253 e. The molecule has 0 radical (unpaired) electrons. The normalized spacial score (nSPS) is 14.1. The quantitative estimate of drug-likeness (QED) is 0.594. The Balaban J connectivity index is 1.33. The summed E-state index contributed by atoms with van der Waals surface area (Å²) in [5.74, 6) is 0.681. The van der Waals surface area contributed by atoms with Crippen molar-refractivity contribution in [1.29, 1.82) is 0 Å². The van der Waals surface area contributed by atoms with Crippen LogP contribution in [0.2, 0.25) is 5.02 Å². The molecule has 0 aliphatic carbocycles. The summed E-state index contributed by atoms with van der Waals surface area (Å²) >= 11 is 5.97. The second-order valence-electron chi connectivity index (χ2n) is 7.86. The highest BCUT2D eigenvalue weighted by molar-refractivity contribution is 6.30. The number of carbonyl (C=O) groups is 2. The van der Waals surface area contributed by atoms with Crippen LogP contribution in [-0.4, -0.2) is 43.0 Å². The van der Waals surface area contributed by atoms with E-state index in [0.717, 1.165) is 29.7 Å². The number of carbonyl (C=O) groups excluding carboxylic acids is 2. The summed E-state index contributed by atoms with van der Waals surface area (Å²) in [4.78, 5) is 27.2. The SMILES string of the molecule is COc1cccc(-c2ccc(C(=O)N3CCC(NC(=O)c4cccc(Cl)c4)CC3)cc2)c1. The highest BCUT2D eigenvalue weighted by Crippen LogP contribution is 2.25. The van der Waals surface area contributed by atoms with E-state index in [-0.39, 0.29) is 17.9 Å². The van der Waals surface area contributed by atoms with Crippen LogP contribution in [0.4, 0.5) is 0 Å².